The van der Waals surface area contributed by atoms with Crippen LogP contribution in [0.15, 0.2) is 15.6 Å². The van der Waals surface area contributed by atoms with Gasteiger partial charge in [-0.15, -0.1) is 33.2 Å². The van der Waals surface area contributed by atoms with Crippen LogP contribution in [0.5, 0.6) is 0 Å². The molecule has 0 unspecified atom stereocenters. The van der Waals surface area contributed by atoms with Crippen molar-refractivity contribution in [2.45, 2.75) is 86.5 Å². The average molecular weight is 446 g/mol. The topological polar surface area (TPSA) is 77.6 Å². The van der Waals surface area contributed by atoms with E-state index in [1.165, 1.54) is 45.4 Å². The van der Waals surface area contributed by atoms with Crippen molar-refractivity contribution in [1.29, 1.82) is 0 Å². The van der Waals surface area contributed by atoms with Gasteiger partial charge in [0.25, 0.3) is 5.09 Å². The monoisotopic (exact) mass is 445 g/mol. The van der Waals surface area contributed by atoms with Gasteiger partial charge >= 0.3 is 0 Å². The first kappa shape index (κ1) is 29.8. The van der Waals surface area contributed by atoms with Crippen LogP contribution in [0.4, 0.5) is 0 Å². The van der Waals surface area contributed by atoms with Crippen LogP contribution in [0, 0.1) is 17.0 Å². The number of aryl methyl sites for hydroxylation is 3. The Labute approximate surface area is 185 Å². The van der Waals surface area contributed by atoms with Crippen molar-refractivity contribution in [2.24, 2.45) is 4.99 Å². The lowest BCUT2D eigenvalue weighted by atomic mass is 10.2. The van der Waals surface area contributed by atoms with E-state index in [2.05, 4.69) is 55.0 Å². The quantitative estimate of drug-likeness (QED) is 0.158. The van der Waals surface area contributed by atoms with Crippen molar-refractivity contribution in [3.8, 4) is 0 Å². The summed E-state index contributed by atoms with van der Waals surface area (Å²) in [5.41, 5.74) is 2.42. The molecular formula is C21H39N3O3S2. The molecule has 29 heavy (non-hydrogen) atoms. The molecule has 0 aromatic carbocycles. The third-order valence-electron chi connectivity index (χ3n) is 3.79. The Morgan fingerprint density at radius 1 is 1.34 bits per heavy atom. The normalized spacial score (nSPS) is 11.2. The van der Waals surface area contributed by atoms with Crippen LogP contribution < -0.4 is 0 Å². The van der Waals surface area contributed by atoms with E-state index in [0.29, 0.717) is 0 Å². The van der Waals surface area contributed by atoms with Gasteiger partial charge in [0.2, 0.25) is 0 Å². The Balaban J connectivity index is 0. The molecule has 0 atom stereocenters. The second-order valence-electron chi connectivity index (χ2n) is 5.90. The molecule has 1 aromatic heterocycles. The van der Waals surface area contributed by atoms with Crippen LogP contribution in [0.1, 0.15) is 82.3 Å². The van der Waals surface area contributed by atoms with E-state index in [1.54, 1.807) is 0 Å². The number of thiazole rings is 1. The van der Waals surface area contributed by atoms with Gasteiger partial charge in [0.15, 0.2) is 0 Å². The molecule has 0 N–H and O–H groups in total. The predicted molar refractivity (Wildman–Crippen MR) is 129 cm³/mol. The molecule has 0 aliphatic heterocycles. The Bertz CT molecular complexity index is 614. The lowest BCUT2D eigenvalue weighted by Gasteiger charge is -2.04. The lowest BCUT2D eigenvalue weighted by molar-refractivity contribution is -0.749. The van der Waals surface area contributed by atoms with Crippen molar-refractivity contribution in [3.05, 3.63) is 36.3 Å². The minimum absolute atomic E-state index is 0.875. The van der Waals surface area contributed by atoms with Gasteiger partial charge < -0.3 is 4.84 Å². The number of unbranched alkanes of at least 4 members (excludes halogenated alkanes) is 2. The number of nitrogens with zero attached hydrogens (tertiary/aromatic N) is 3. The van der Waals surface area contributed by atoms with Gasteiger partial charge in [0.05, 0.1) is 17.8 Å². The molecule has 0 amide bonds. The van der Waals surface area contributed by atoms with Gasteiger partial charge in [-0.25, -0.2) is 4.98 Å². The van der Waals surface area contributed by atoms with E-state index in [4.69, 9.17) is 10.1 Å². The maximum Gasteiger partial charge on any atom is 0.294 e. The van der Waals surface area contributed by atoms with Crippen molar-refractivity contribution in [3.63, 3.8) is 0 Å². The van der Waals surface area contributed by atoms with Gasteiger partial charge in [0.1, 0.15) is 0 Å². The van der Waals surface area contributed by atoms with Crippen molar-refractivity contribution < 1.29 is 9.92 Å². The molecule has 0 fully saturated rings. The lowest BCUT2D eigenvalue weighted by Crippen LogP contribution is -1.91. The maximum absolute atomic E-state index is 8.95. The van der Waals surface area contributed by atoms with E-state index in [0.717, 1.165) is 32.8 Å². The highest BCUT2D eigenvalue weighted by Crippen LogP contribution is 2.23. The standard InChI is InChI=1S/C18H30N2S2.C2H6.CH3NO3/c1-6-11-17(21-5)14(3)19-13-10-8-9-12-18-20-15(4)16(7-2)22-18;1-2;1-5-2(3)4/h13H,6-12H2,1-5H3;1-2H3;1H3/b17-14-,19-13?;;. The van der Waals surface area contributed by atoms with Crippen molar-refractivity contribution in [2.75, 3.05) is 13.4 Å². The number of aromatic nitrogens is 1. The first-order valence-corrected chi connectivity index (χ1v) is 12.3. The molecule has 8 heteroatoms. The average Bonchev–Trinajstić information content (AvgIpc) is 3.09. The van der Waals surface area contributed by atoms with E-state index in [-0.39, 0.29) is 0 Å². The highest BCUT2D eigenvalue weighted by molar-refractivity contribution is 8.02. The molecule has 0 aliphatic carbocycles. The fourth-order valence-corrected chi connectivity index (χ4v) is 4.17. The van der Waals surface area contributed by atoms with Crippen molar-refractivity contribution in [1.82, 2.24) is 4.98 Å². The zero-order chi connectivity index (χ0) is 22.7. The molecular weight excluding hydrogens is 406 g/mol. The van der Waals surface area contributed by atoms with Gasteiger partial charge in [0, 0.05) is 21.7 Å². The Hall–Kier alpha value is -1.41. The fourth-order valence-electron chi connectivity index (χ4n) is 2.37. The number of allylic oxidation sites excluding steroid dienone is 2. The second-order valence-corrected chi connectivity index (χ2v) is 7.97. The molecule has 6 nitrogen and oxygen atoms in total. The third-order valence-corrected chi connectivity index (χ3v) is 6.15. The zero-order valence-electron chi connectivity index (χ0n) is 19.4. The molecule has 0 saturated carbocycles. The van der Waals surface area contributed by atoms with Gasteiger partial charge in [-0.05, 0) is 58.6 Å². The maximum atomic E-state index is 8.95. The highest BCUT2D eigenvalue weighted by Gasteiger charge is 2.05. The summed E-state index contributed by atoms with van der Waals surface area (Å²) in [5, 5.41) is 9.38. The minimum atomic E-state index is -0.875. The Morgan fingerprint density at radius 2 is 1.97 bits per heavy atom. The van der Waals surface area contributed by atoms with Crippen LogP contribution in [-0.4, -0.2) is 29.7 Å². The number of hydrogen-bond acceptors (Lipinski definition) is 7. The van der Waals surface area contributed by atoms with E-state index < -0.39 is 5.09 Å². The van der Waals surface area contributed by atoms with Crippen LogP contribution in [0.25, 0.3) is 0 Å². The van der Waals surface area contributed by atoms with Crippen LogP contribution in [0.2, 0.25) is 0 Å². The molecule has 0 bridgehead atoms. The van der Waals surface area contributed by atoms with Gasteiger partial charge in [-0.2, -0.15) is 0 Å². The van der Waals surface area contributed by atoms with Gasteiger partial charge in [-0.1, -0.05) is 34.1 Å². The molecule has 0 aliphatic rings. The summed E-state index contributed by atoms with van der Waals surface area (Å²) in [6, 6.07) is 0. The number of hydrogen-bond donors (Lipinski definition) is 0. The summed E-state index contributed by atoms with van der Waals surface area (Å²) < 4.78 is 0. The Morgan fingerprint density at radius 3 is 2.41 bits per heavy atom. The second kappa shape index (κ2) is 19.9. The van der Waals surface area contributed by atoms with Crippen molar-refractivity contribution >= 4 is 29.3 Å². The van der Waals surface area contributed by atoms with E-state index >= 15 is 0 Å². The predicted octanol–water partition coefficient (Wildman–Crippen LogP) is 7.04. The zero-order valence-corrected chi connectivity index (χ0v) is 21.0. The molecule has 168 valence electrons. The SMILES string of the molecule is CC.CCC/C(SC)=C(\C)N=CCCCCc1nc(C)c(CC)s1.CO[N+](=O)[O-]. The molecule has 0 saturated heterocycles. The number of rotatable bonds is 11. The molecule has 0 radical (unpaired) electrons. The third kappa shape index (κ3) is 15.1. The summed E-state index contributed by atoms with van der Waals surface area (Å²) in [6.07, 6.45) is 12.3. The molecule has 1 aromatic rings. The first-order chi connectivity index (χ1) is 13.9. The molecule has 0 spiro atoms. The molecule has 1 rings (SSSR count). The summed E-state index contributed by atoms with van der Waals surface area (Å²) in [7, 11) is 1.00. The fraction of sp³-hybridized carbons (Fsp3) is 0.714. The summed E-state index contributed by atoms with van der Waals surface area (Å²) in [4.78, 5) is 24.6. The van der Waals surface area contributed by atoms with Crippen LogP contribution >= 0.6 is 23.1 Å². The largest absolute Gasteiger partial charge is 0.317 e. The van der Waals surface area contributed by atoms with Crippen LogP contribution in [-0.2, 0) is 17.7 Å². The summed E-state index contributed by atoms with van der Waals surface area (Å²) >= 11 is 3.72. The number of aliphatic imine (C=N–C) groups is 1. The first-order valence-electron chi connectivity index (χ1n) is 10.3. The summed E-state index contributed by atoms with van der Waals surface area (Å²) in [5.74, 6) is 0. The summed E-state index contributed by atoms with van der Waals surface area (Å²) in [6.45, 7) is 12.7. The Kier molecular flexibility index (Phi) is 20.4. The van der Waals surface area contributed by atoms with E-state index in [9.17, 15) is 0 Å². The highest BCUT2D eigenvalue weighted by atomic mass is 32.2. The van der Waals surface area contributed by atoms with E-state index in [1.807, 2.05) is 36.9 Å². The number of thioether (sulfide) groups is 1. The van der Waals surface area contributed by atoms with Gasteiger partial charge in [-0.3, -0.25) is 4.99 Å². The molecule has 1 heterocycles. The minimum Gasteiger partial charge on any atom is -0.317 e. The smallest absolute Gasteiger partial charge is 0.294 e. The van der Waals surface area contributed by atoms with Crippen LogP contribution in [0.3, 0.4) is 0 Å².